The minimum absolute atomic E-state index is 0.0762. The molecular weight excluding hydrogens is 242 g/mol. The molecule has 1 unspecified atom stereocenters. The second-order valence-corrected chi connectivity index (χ2v) is 4.26. The van der Waals surface area contributed by atoms with Crippen LogP contribution in [0, 0.1) is 0 Å². The SMILES string of the molecule is COCC(Cl)CCNC(=O)c1cccc(O)c1. The average Bonchev–Trinajstić information content (AvgIpc) is 2.29. The summed E-state index contributed by atoms with van der Waals surface area (Å²) in [6.07, 6.45) is 0.639. The van der Waals surface area contributed by atoms with Crippen LogP contribution in [0.1, 0.15) is 16.8 Å². The summed E-state index contributed by atoms with van der Waals surface area (Å²) in [4.78, 5) is 11.6. The van der Waals surface area contributed by atoms with Crippen LogP contribution in [0.5, 0.6) is 5.75 Å². The zero-order valence-electron chi connectivity index (χ0n) is 9.65. The fourth-order valence-corrected chi connectivity index (χ4v) is 1.59. The number of aromatic hydroxyl groups is 1. The largest absolute Gasteiger partial charge is 0.508 e. The highest BCUT2D eigenvalue weighted by molar-refractivity contribution is 6.20. The van der Waals surface area contributed by atoms with E-state index in [-0.39, 0.29) is 17.0 Å². The van der Waals surface area contributed by atoms with Crippen LogP contribution < -0.4 is 5.32 Å². The Morgan fingerprint density at radius 3 is 3.00 bits per heavy atom. The molecule has 0 bridgehead atoms. The molecule has 94 valence electrons. The third kappa shape index (κ3) is 5.06. The van der Waals surface area contributed by atoms with Gasteiger partial charge in [-0.3, -0.25) is 4.79 Å². The lowest BCUT2D eigenvalue weighted by Crippen LogP contribution is -2.26. The molecule has 0 radical (unpaired) electrons. The molecule has 2 N–H and O–H groups in total. The number of amides is 1. The first-order chi connectivity index (χ1) is 8.13. The summed E-state index contributed by atoms with van der Waals surface area (Å²) in [6.45, 7) is 0.940. The van der Waals surface area contributed by atoms with Crippen LogP contribution in [0.4, 0.5) is 0 Å². The first-order valence-electron chi connectivity index (χ1n) is 5.33. The Morgan fingerprint density at radius 2 is 2.35 bits per heavy atom. The predicted octanol–water partition coefficient (Wildman–Crippen LogP) is 1.77. The number of phenols is 1. The molecule has 0 aliphatic rings. The zero-order valence-corrected chi connectivity index (χ0v) is 10.4. The third-order valence-electron chi connectivity index (χ3n) is 2.20. The maximum absolute atomic E-state index is 11.6. The summed E-state index contributed by atoms with van der Waals surface area (Å²) in [5.41, 5.74) is 0.433. The first-order valence-corrected chi connectivity index (χ1v) is 5.77. The van der Waals surface area contributed by atoms with E-state index in [2.05, 4.69) is 5.32 Å². The highest BCUT2D eigenvalue weighted by atomic mass is 35.5. The van der Waals surface area contributed by atoms with Crippen molar-refractivity contribution in [3.8, 4) is 5.75 Å². The lowest BCUT2D eigenvalue weighted by Gasteiger charge is -2.09. The van der Waals surface area contributed by atoms with Crippen LogP contribution in [0.25, 0.3) is 0 Å². The molecule has 0 aliphatic carbocycles. The van der Waals surface area contributed by atoms with Gasteiger partial charge in [0, 0.05) is 19.2 Å². The molecule has 0 aliphatic heterocycles. The van der Waals surface area contributed by atoms with E-state index in [0.717, 1.165) is 0 Å². The Morgan fingerprint density at radius 1 is 1.59 bits per heavy atom. The van der Waals surface area contributed by atoms with Gasteiger partial charge in [0.25, 0.3) is 5.91 Å². The second-order valence-electron chi connectivity index (χ2n) is 3.65. The molecule has 1 rings (SSSR count). The highest BCUT2D eigenvalue weighted by Gasteiger charge is 2.07. The number of rotatable bonds is 6. The van der Waals surface area contributed by atoms with Crippen molar-refractivity contribution in [3.63, 3.8) is 0 Å². The van der Waals surface area contributed by atoms with E-state index in [1.165, 1.54) is 12.1 Å². The number of ether oxygens (including phenoxy) is 1. The summed E-state index contributed by atoms with van der Waals surface area (Å²) in [5, 5.41) is 11.8. The minimum atomic E-state index is -0.220. The zero-order chi connectivity index (χ0) is 12.7. The van der Waals surface area contributed by atoms with Gasteiger partial charge in [0.05, 0.1) is 12.0 Å². The number of phenolic OH excluding ortho intramolecular Hbond substituents is 1. The quantitative estimate of drug-likeness (QED) is 0.764. The monoisotopic (exact) mass is 257 g/mol. The van der Waals surface area contributed by atoms with Crippen LogP contribution in [0.2, 0.25) is 0 Å². The van der Waals surface area contributed by atoms with E-state index in [1.807, 2.05) is 0 Å². The second kappa shape index (κ2) is 7.14. The number of hydrogen-bond acceptors (Lipinski definition) is 3. The number of halogens is 1. The van der Waals surface area contributed by atoms with Gasteiger partial charge in [0.1, 0.15) is 5.75 Å². The van der Waals surface area contributed by atoms with Gasteiger partial charge in [-0.05, 0) is 24.6 Å². The molecule has 0 saturated heterocycles. The van der Waals surface area contributed by atoms with Gasteiger partial charge < -0.3 is 15.2 Å². The van der Waals surface area contributed by atoms with Gasteiger partial charge in [-0.25, -0.2) is 0 Å². The van der Waals surface area contributed by atoms with E-state index < -0.39 is 0 Å². The number of alkyl halides is 1. The van der Waals surface area contributed by atoms with E-state index in [0.29, 0.717) is 25.1 Å². The maximum atomic E-state index is 11.6. The summed E-state index contributed by atoms with van der Waals surface area (Å²) < 4.78 is 4.88. The summed E-state index contributed by atoms with van der Waals surface area (Å²) >= 11 is 5.92. The van der Waals surface area contributed by atoms with Crippen LogP contribution in [-0.4, -0.2) is 36.7 Å². The molecule has 0 heterocycles. The molecule has 1 atom stereocenters. The Hall–Kier alpha value is -1.26. The van der Waals surface area contributed by atoms with E-state index >= 15 is 0 Å². The molecule has 1 aromatic rings. The summed E-state index contributed by atoms with van der Waals surface area (Å²) in [5.74, 6) is -0.144. The van der Waals surface area contributed by atoms with Gasteiger partial charge >= 0.3 is 0 Å². The Kier molecular flexibility index (Phi) is 5.80. The lowest BCUT2D eigenvalue weighted by molar-refractivity contribution is 0.0951. The van der Waals surface area contributed by atoms with Crippen LogP contribution >= 0.6 is 11.6 Å². The van der Waals surface area contributed by atoms with E-state index in [1.54, 1.807) is 19.2 Å². The molecule has 0 aromatic heterocycles. The first kappa shape index (κ1) is 13.8. The molecule has 0 fully saturated rings. The molecule has 17 heavy (non-hydrogen) atoms. The molecule has 5 heteroatoms. The minimum Gasteiger partial charge on any atom is -0.508 e. The van der Waals surface area contributed by atoms with Gasteiger partial charge in [-0.1, -0.05) is 6.07 Å². The van der Waals surface area contributed by atoms with Crippen LogP contribution in [0.15, 0.2) is 24.3 Å². The summed E-state index contributed by atoms with van der Waals surface area (Å²) in [6, 6.07) is 6.20. The van der Waals surface area contributed by atoms with Crippen LogP contribution in [-0.2, 0) is 4.74 Å². The molecular formula is C12H16ClNO3. The van der Waals surface area contributed by atoms with Crippen molar-refractivity contribution in [2.75, 3.05) is 20.3 Å². The van der Waals surface area contributed by atoms with E-state index in [9.17, 15) is 9.90 Å². The van der Waals surface area contributed by atoms with Gasteiger partial charge in [0.2, 0.25) is 0 Å². The van der Waals surface area contributed by atoms with Crippen molar-refractivity contribution in [1.82, 2.24) is 5.32 Å². The highest BCUT2D eigenvalue weighted by Crippen LogP contribution is 2.10. The van der Waals surface area contributed by atoms with Crippen molar-refractivity contribution in [1.29, 1.82) is 0 Å². The molecule has 0 saturated carbocycles. The van der Waals surface area contributed by atoms with E-state index in [4.69, 9.17) is 16.3 Å². The normalized spacial score (nSPS) is 12.1. The fraction of sp³-hybridized carbons (Fsp3) is 0.417. The fourth-order valence-electron chi connectivity index (χ4n) is 1.36. The molecule has 0 spiro atoms. The smallest absolute Gasteiger partial charge is 0.251 e. The van der Waals surface area contributed by atoms with Crippen molar-refractivity contribution < 1.29 is 14.6 Å². The molecule has 1 amide bonds. The number of nitrogens with one attached hydrogen (secondary N) is 1. The molecule has 4 nitrogen and oxygen atoms in total. The van der Waals surface area contributed by atoms with Crippen molar-refractivity contribution >= 4 is 17.5 Å². The van der Waals surface area contributed by atoms with Gasteiger partial charge in [-0.2, -0.15) is 0 Å². The van der Waals surface area contributed by atoms with Gasteiger partial charge in [0.15, 0.2) is 0 Å². The van der Waals surface area contributed by atoms with Crippen molar-refractivity contribution in [2.45, 2.75) is 11.8 Å². The Balaban J connectivity index is 2.35. The predicted molar refractivity (Wildman–Crippen MR) is 66.6 cm³/mol. The standard InChI is InChI=1S/C12H16ClNO3/c1-17-8-10(13)5-6-14-12(16)9-3-2-4-11(15)7-9/h2-4,7,10,15H,5-6,8H2,1H3,(H,14,16). The average molecular weight is 258 g/mol. The van der Waals surface area contributed by atoms with Crippen LogP contribution in [0.3, 0.4) is 0 Å². The number of carbonyl (C=O) groups is 1. The molecule has 1 aromatic carbocycles. The topological polar surface area (TPSA) is 58.6 Å². The lowest BCUT2D eigenvalue weighted by atomic mass is 10.2. The number of methoxy groups -OCH3 is 1. The number of hydrogen-bond donors (Lipinski definition) is 2. The third-order valence-corrected chi connectivity index (χ3v) is 2.54. The maximum Gasteiger partial charge on any atom is 0.251 e. The van der Waals surface area contributed by atoms with Crippen molar-refractivity contribution in [2.24, 2.45) is 0 Å². The van der Waals surface area contributed by atoms with Gasteiger partial charge in [-0.15, -0.1) is 11.6 Å². The Bertz CT molecular complexity index is 371. The Labute approximate surface area is 106 Å². The number of benzene rings is 1. The number of carbonyl (C=O) groups excluding carboxylic acids is 1. The summed E-state index contributed by atoms with van der Waals surface area (Å²) in [7, 11) is 1.58. The van der Waals surface area contributed by atoms with Crippen molar-refractivity contribution in [3.05, 3.63) is 29.8 Å².